The Labute approximate surface area is 388 Å². The van der Waals surface area contributed by atoms with Crippen molar-refractivity contribution in [3.8, 4) is 34.1 Å². The lowest BCUT2D eigenvalue weighted by atomic mass is 9.92. The fourth-order valence-corrected chi connectivity index (χ4v) is 8.25. The van der Waals surface area contributed by atoms with E-state index in [4.69, 9.17) is 52.4 Å². The summed E-state index contributed by atoms with van der Waals surface area (Å²) >= 11 is 16.5. The Bertz CT molecular complexity index is 2320. The molecule has 14 nitrogen and oxygen atoms in total. The largest absolute Gasteiger partial charge is 0.487 e. The van der Waals surface area contributed by atoms with Crippen LogP contribution in [0.5, 0.6) is 23.0 Å². The zero-order valence-electron chi connectivity index (χ0n) is 35.0. The third-order valence-electron chi connectivity index (χ3n) is 10.1. The first-order valence-corrected chi connectivity index (χ1v) is 22.7. The average molecular weight is 952 g/mol. The molecule has 0 aliphatic rings. The van der Waals surface area contributed by atoms with Crippen molar-refractivity contribution in [2.24, 2.45) is 0 Å². The van der Waals surface area contributed by atoms with Gasteiger partial charge >= 0.3 is 11.9 Å². The summed E-state index contributed by atoms with van der Waals surface area (Å²) in [6.07, 6.45) is 0.550. The highest BCUT2D eigenvalue weighted by molar-refractivity contribution is 7.09. The van der Waals surface area contributed by atoms with Crippen molar-refractivity contribution in [2.45, 2.75) is 78.4 Å². The van der Waals surface area contributed by atoms with Crippen LogP contribution in [0, 0.1) is 13.8 Å². The summed E-state index contributed by atoms with van der Waals surface area (Å²) in [4.78, 5) is 30.6. The van der Waals surface area contributed by atoms with E-state index < -0.39 is 24.1 Å². The summed E-state index contributed by atoms with van der Waals surface area (Å²) in [5.41, 5.74) is 7.38. The predicted molar refractivity (Wildman–Crippen MR) is 246 cm³/mol. The van der Waals surface area contributed by atoms with E-state index in [0.717, 1.165) is 43.4 Å². The number of hydrogen-bond acceptors (Lipinski definition) is 14. The maximum absolute atomic E-state index is 11.0. The Morgan fingerprint density at radius 1 is 0.609 bits per heavy atom. The second-order valence-electron chi connectivity index (χ2n) is 14.7. The van der Waals surface area contributed by atoms with Crippen LogP contribution in [-0.2, 0) is 49.1 Å². The summed E-state index contributed by atoms with van der Waals surface area (Å²) in [5, 5.41) is 50.2. The highest BCUT2D eigenvalue weighted by Gasteiger charge is 2.18. The van der Waals surface area contributed by atoms with E-state index >= 15 is 0 Å². The number of ether oxygens (including phenoxy) is 4. The Hall–Kier alpha value is -5.30. The quantitative estimate of drug-likeness (QED) is 0.0320. The molecule has 0 radical (unpaired) electrons. The molecule has 2 heterocycles. The van der Waals surface area contributed by atoms with Gasteiger partial charge < -0.3 is 50.0 Å². The van der Waals surface area contributed by atoms with Gasteiger partial charge in [0.05, 0.1) is 35.1 Å². The van der Waals surface area contributed by atoms with Crippen LogP contribution in [0.4, 0.5) is 0 Å². The topological polar surface area (TPSA) is 202 Å². The minimum Gasteiger partial charge on any atom is -0.487 e. The molecule has 6 N–H and O–H groups in total. The second kappa shape index (κ2) is 23.6. The number of aliphatic hydroxyl groups excluding tert-OH is 2. The molecule has 0 spiro atoms. The Morgan fingerprint density at radius 3 is 1.39 bits per heavy atom. The molecule has 0 aliphatic heterocycles. The molecule has 0 saturated heterocycles. The van der Waals surface area contributed by atoms with Crippen molar-refractivity contribution < 1.29 is 49.0 Å². The third kappa shape index (κ3) is 13.8. The maximum atomic E-state index is 11.0. The summed E-state index contributed by atoms with van der Waals surface area (Å²) in [5.74, 6) is -0.319. The van der Waals surface area contributed by atoms with Gasteiger partial charge in [0.1, 0.15) is 59.4 Å². The van der Waals surface area contributed by atoms with Crippen molar-refractivity contribution in [3.63, 3.8) is 0 Å². The maximum Gasteiger partial charge on any atom is 0.306 e. The van der Waals surface area contributed by atoms with E-state index in [1.807, 2.05) is 48.9 Å². The Morgan fingerprint density at radius 2 is 1.02 bits per heavy atom. The first-order valence-electron chi connectivity index (χ1n) is 20.2. The van der Waals surface area contributed by atoms with Crippen LogP contribution in [0.2, 0.25) is 10.0 Å². The van der Waals surface area contributed by atoms with E-state index in [2.05, 4.69) is 32.7 Å². The summed E-state index contributed by atoms with van der Waals surface area (Å²) in [6, 6.07) is 19.0. The normalized spacial score (nSPS) is 12.2. The van der Waals surface area contributed by atoms with Gasteiger partial charge in [-0.25, -0.2) is 9.97 Å². The minimum absolute atomic E-state index is 0.0684. The number of aromatic nitrogens is 2. The van der Waals surface area contributed by atoms with Crippen LogP contribution in [0.1, 0.15) is 56.2 Å². The minimum atomic E-state index is -1.08. The molecule has 0 fully saturated rings. The van der Waals surface area contributed by atoms with E-state index in [0.29, 0.717) is 44.2 Å². The second-order valence-corrected chi connectivity index (χ2v) is 17.5. The number of aliphatic hydroxyl groups is 2. The molecule has 338 valence electrons. The summed E-state index contributed by atoms with van der Waals surface area (Å²) in [7, 11) is 0. The Kier molecular flexibility index (Phi) is 17.7. The number of nitrogens with zero attached hydrogens (tertiary/aromatic N) is 2. The van der Waals surface area contributed by atoms with Crippen LogP contribution in [-0.4, -0.2) is 67.6 Å². The van der Waals surface area contributed by atoms with E-state index in [9.17, 15) is 19.8 Å². The fourth-order valence-electron chi connectivity index (χ4n) is 6.71. The molecule has 6 rings (SSSR count). The Balaban J connectivity index is 1.15. The molecule has 2 aromatic heterocycles. The van der Waals surface area contributed by atoms with Gasteiger partial charge in [0, 0.05) is 72.6 Å². The number of carboxylic acids is 2. The zero-order chi connectivity index (χ0) is 45.6. The van der Waals surface area contributed by atoms with Crippen LogP contribution in [0.3, 0.4) is 0 Å². The summed E-state index contributed by atoms with van der Waals surface area (Å²) < 4.78 is 25.0. The predicted octanol–water partition coefficient (Wildman–Crippen LogP) is 8.36. The molecule has 2 atom stereocenters. The molecule has 0 amide bonds. The smallest absolute Gasteiger partial charge is 0.306 e. The van der Waals surface area contributed by atoms with Gasteiger partial charge in [-0.1, -0.05) is 59.6 Å². The van der Waals surface area contributed by atoms with Gasteiger partial charge in [-0.3, -0.25) is 9.59 Å². The molecule has 0 bridgehead atoms. The van der Waals surface area contributed by atoms with Crippen molar-refractivity contribution in [2.75, 3.05) is 13.1 Å². The van der Waals surface area contributed by atoms with E-state index in [1.54, 1.807) is 36.7 Å². The molecule has 18 heteroatoms. The van der Waals surface area contributed by atoms with Gasteiger partial charge in [-0.15, -0.1) is 22.7 Å². The molecule has 0 unspecified atom stereocenters. The van der Waals surface area contributed by atoms with E-state index in [-0.39, 0.29) is 65.4 Å². The van der Waals surface area contributed by atoms with Crippen LogP contribution < -0.4 is 29.6 Å². The van der Waals surface area contributed by atoms with Crippen LogP contribution in [0.25, 0.3) is 11.1 Å². The number of thiazole rings is 2. The molecule has 6 aromatic rings. The lowest BCUT2D eigenvalue weighted by Gasteiger charge is -2.19. The highest BCUT2D eigenvalue weighted by Crippen LogP contribution is 2.37. The molecule has 0 saturated carbocycles. The lowest BCUT2D eigenvalue weighted by molar-refractivity contribution is -0.140. The lowest BCUT2D eigenvalue weighted by Crippen LogP contribution is -2.28. The zero-order valence-corrected chi connectivity index (χ0v) is 38.2. The molecular weight excluding hydrogens is 904 g/mol. The van der Waals surface area contributed by atoms with Gasteiger partial charge in [0.25, 0.3) is 0 Å². The average Bonchev–Trinajstić information content (AvgIpc) is 3.98. The van der Waals surface area contributed by atoms with Crippen LogP contribution in [0.15, 0.2) is 83.8 Å². The third-order valence-corrected chi connectivity index (χ3v) is 12.2. The van der Waals surface area contributed by atoms with Crippen molar-refractivity contribution >= 4 is 57.8 Å². The number of halogens is 2. The van der Waals surface area contributed by atoms with Crippen LogP contribution >= 0.6 is 45.9 Å². The van der Waals surface area contributed by atoms with Crippen molar-refractivity contribution in [1.82, 2.24) is 20.6 Å². The monoisotopic (exact) mass is 950 g/mol. The number of carboxylic acid groups (broad SMARTS) is 2. The number of nitrogens with one attached hydrogen (secondary N) is 2. The number of carbonyl (C=O) groups is 2. The molecular formula is C46H48Cl2N4O10S2. The SMILES string of the molecule is Cc1c(COc2cc(OCc3nccs3)c(CNC[C@@H](O)CC(=O)O)cc2Cl)cccc1-c1cccc(COc2cc(OCc3nccs3)c(CNC[C@@H](O)CC(=O)O)cc2Cl)c1C. The first kappa shape index (κ1) is 48.2. The van der Waals surface area contributed by atoms with Gasteiger partial charge in [-0.2, -0.15) is 0 Å². The van der Waals surface area contributed by atoms with Gasteiger partial charge in [-0.05, 0) is 59.4 Å². The fraction of sp³-hybridized carbons (Fsp3) is 0.304. The highest BCUT2D eigenvalue weighted by atomic mass is 35.5. The number of hydrogen-bond donors (Lipinski definition) is 6. The summed E-state index contributed by atoms with van der Waals surface area (Å²) in [6.45, 7) is 5.64. The van der Waals surface area contributed by atoms with Gasteiger partial charge in [0.15, 0.2) is 0 Å². The molecule has 0 aliphatic carbocycles. The van der Waals surface area contributed by atoms with Gasteiger partial charge in [0.2, 0.25) is 0 Å². The van der Waals surface area contributed by atoms with Crippen molar-refractivity contribution in [3.05, 3.63) is 137 Å². The standard InChI is InChI=1S/C46H48Cl2N4O10S2/c1-27-29(23-59-41-17-39(61-25-43-51-9-11-63-43)31(13-37(41)47)19-49-21-33(53)15-45(55)56)5-3-7-35(27)36-8-4-6-30(28(36)2)24-60-42-18-40(62-26-44-52-10-12-64-44)32(14-38(42)48)20-50-22-34(54)16-46(57)58/h3-14,17-18,33-34,49-50,53-54H,15-16,19-26H2,1-2H3,(H,55,56)(H,57,58)/t33-,34-/m0/s1. The van der Waals surface area contributed by atoms with Crippen molar-refractivity contribution in [1.29, 1.82) is 0 Å². The van der Waals surface area contributed by atoms with E-state index in [1.165, 1.54) is 22.7 Å². The number of rotatable bonds is 25. The molecule has 64 heavy (non-hydrogen) atoms. The first-order chi connectivity index (χ1) is 30.8. The molecule has 4 aromatic carbocycles. The number of benzene rings is 4. The number of aliphatic carboxylic acids is 2.